The number of rotatable bonds is 3. The predicted molar refractivity (Wildman–Crippen MR) is 106 cm³/mol. The van der Waals surface area contributed by atoms with Crippen LogP contribution in [0.2, 0.25) is 0 Å². The molecule has 0 radical (unpaired) electrons. The maximum atomic E-state index is 13.4. The smallest absolute Gasteiger partial charge is 0.245 e. The van der Waals surface area contributed by atoms with Gasteiger partial charge in [-0.1, -0.05) is 19.3 Å². The van der Waals surface area contributed by atoms with Crippen LogP contribution in [0.1, 0.15) is 68.9 Å². The van der Waals surface area contributed by atoms with Gasteiger partial charge in [0.25, 0.3) is 0 Å². The van der Waals surface area contributed by atoms with Crippen molar-refractivity contribution in [1.29, 1.82) is 0 Å². The van der Waals surface area contributed by atoms with Crippen molar-refractivity contribution in [3.8, 4) is 0 Å². The van der Waals surface area contributed by atoms with Crippen LogP contribution in [0, 0.1) is 5.92 Å². The van der Waals surface area contributed by atoms with Gasteiger partial charge in [-0.2, -0.15) is 0 Å². The van der Waals surface area contributed by atoms with Gasteiger partial charge in [-0.15, -0.1) is 0 Å². The first kappa shape index (κ1) is 17.4. The number of carbonyl (C=O) groups excluding carboxylic acids is 1. The highest BCUT2D eigenvalue weighted by atomic mass is 16.3. The van der Waals surface area contributed by atoms with E-state index in [9.17, 15) is 4.79 Å². The molecule has 28 heavy (non-hydrogen) atoms. The molecule has 5 heteroatoms. The van der Waals surface area contributed by atoms with E-state index in [0.717, 1.165) is 62.2 Å². The van der Waals surface area contributed by atoms with Crippen LogP contribution in [-0.4, -0.2) is 10.9 Å². The fourth-order valence-corrected chi connectivity index (χ4v) is 4.85. The van der Waals surface area contributed by atoms with E-state index in [1.54, 1.807) is 12.5 Å². The molecule has 1 fully saturated rings. The minimum absolute atomic E-state index is 0.109. The van der Waals surface area contributed by atoms with Crippen molar-refractivity contribution in [3.05, 3.63) is 65.2 Å². The highest BCUT2D eigenvalue weighted by Crippen LogP contribution is 2.45. The van der Waals surface area contributed by atoms with E-state index in [2.05, 4.69) is 11.5 Å². The molecular weight excluding hydrogens is 352 g/mol. The molecule has 1 amide bonds. The van der Waals surface area contributed by atoms with Gasteiger partial charge >= 0.3 is 0 Å². The van der Waals surface area contributed by atoms with Crippen LogP contribution < -0.4 is 5.43 Å². The number of nitrogens with zero attached hydrogens (tertiary/aromatic N) is 1. The molecule has 1 N–H and O–H groups in total. The fraction of sp³-hybridized carbons (Fsp3) is 0.435. The molecule has 3 aliphatic rings. The largest absolute Gasteiger partial charge is 0.467 e. The molecule has 0 bridgehead atoms. The Balaban J connectivity index is 1.51. The average molecular weight is 378 g/mol. The van der Waals surface area contributed by atoms with E-state index >= 15 is 0 Å². The topological polar surface area (TPSA) is 58.6 Å². The van der Waals surface area contributed by atoms with E-state index in [4.69, 9.17) is 8.83 Å². The maximum Gasteiger partial charge on any atom is 0.245 e. The van der Waals surface area contributed by atoms with Crippen LogP contribution in [0.3, 0.4) is 0 Å². The first-order chi connectivity index (χ1) is 13.8. The highest BCUT2D eigenvalue weighted by molar-refractivity contribution is 5.80. The van der Waals surface area contributed by atoms with Gasteiger partial charge < -0.3 is 8.83 Å². The Morgan fingerprint density at radius 2 is 1.86 bits per heavy atom. The summed E-state index contributed by atoms with van der Waals surface area (Å²) in [7, 11) is 0. The second-order valence-corrected chi connectivity index (χ2v) is 8.01. The summed E-state index contributed by atoms with van der Waals surface area (Å²) in [5, 5.41) is 1.85. The molecule has 0 unspecified atom stereocenters. The first-order valence-electron chi connectivity index (χ1n) is 10.4. The zero-order chi connectivity index (χ0) is 18.9. The third-order valence-corrected chi connectivity index (χ3v) is 6.22. The fourth-order valence-electron chi connectivity index (χ4n) is 4.85. The van der Waals surface area contributed by atoms with Gasteiger partial charge in [-0.3, -0.25) is 10.2 Å². The third kappa shape index (κ3) is 3.09. The first-order valence-corrected chi connectivity index (χ1v) is 10.4. The summed E-state index contributed by atoms with van der Waals surface area (Å²) in [4.78, 5) is 13.4. The van der Waals surface area contributed by atoms with Crippen LogP contribution in [0.25, 0.3) is 6.08 Å². The summed E-state index contributed by atoms with van der Waals surface area (Å²) in [5.74, 6) is 1.99. The average Bonchev–Trinajstić information content (AvgIpc) is 3.48. The monoisotopic (exact) mass is 378 g/mol. The molecule has 2 aliphatic carbocycles. The standard InChI is InChI=1S/C23H26N2O3/c26-23(16-7-2-1-3-8-16)25-22(20-12-6-14-28-20)19-11-4-9-17(21(19)24-25)15-18-10-5-13-27-18/h5-6,10,12-16,22,24H,1-4,7-9,11H2/b17-15+/t22-/m1/s1. The van der Waals surface area contributed by atoms with Crippen molar-refractivity contribution in [2.45, 2.75) is 57.4 Å². The zero-order valence-electron chi connectivity index (χ0n) is 16.0. The van der Waals surface area contributed by atoms with E-state index < -0.39 is 0 Å². The number of furan rings is 2. The number of carbonyl (C=O) groups is 1. The van der Waals surface area contributed by atoms with Gasteiger partial charge in [-0.25, -0.2) is 5.01 Å². The van der Waals surface area contributed by atoms with Crippen LogP contribution >= 0.6 is 0 Å². The molecule has 1 saturated carbocycles. The molecule has 1 atom stereocenters. The summed E-state index contributed by atoms with van der Waals surface area (Å²) in [6.07, 6.45) is 14.0. The molecule has 0 aromatic carbocycles. The summed E-state index contributed by atoms with van der Waals surface area (Å²) in [5.41, 5.74) is 7.01. The van der Waals surface area contributed by atoms with Gasteiger partial charge in [0.2, 0.25) is 5.91 Å². The predicted octanol–water partition coefficient (Wildman–Crippen LogP) is 5.36. The molecule has 3 heterocycles. The van der Waals surface area contributed by atoms with Gasteiger partial charge in [-0.05, 0) is 73.6 Å². The highest BCUT2D eigenvalue weighted by Gasteiger charge is 2.42. The Morgan fingerprint density at radius 1 is 1.04 bits per heavy atom. The van der Waals surface area contributed by atoms with E-state index in [1.807, 2.05) is 29.3 Å². The lowest BCUT2D eigenvalue weighted by atomic mass is 9.86. The zero-order valence-corrected chi connectivity index (χ0v) is 16.0. The van der Waals surface area contributed by atoms with E-state index in [-0.39, 0.29) is 17.9 Å². The second kappa shape index (κ2) is 7.38. The molecule has 2 aromatic rings. The molecule has 2 aromatic heterocycles. The summed E-state index contributed by atoms with van der Waals surface area (Å²) >= 11 is 0. The van der Waals surface area contributed by atoms with Crippen molar-refractivity contribution in [2.75, 3.05) is 0 Å². The lowest BCUT2D eigenvalue weighted by molar-refractivity contribution is -0.140. The number of hydrogen-bond donors (Lipinski definition) is 1. The van der Waals surface area contributed by atoms with Crippen LogP contribution in [0.4, 0.5) is 0 Å². The van der Waals surface area contributed by atoms with Crippen molar-refractivity contribution in [2.24, 2.45) is 5.92 Å². The van der Waals surface area contributed by atoms with Crippen LogP contribution in [-0.2, 0) is 4.79 Å². The minimum Gasteiger partial charge on any atom is -0.467 e. The SMILES string of the molecule is O=C(C1CCCCC1)N1NC2=C(CCC/C2=C\c2ccco2)[C@@H]1c1ccco1. The lowest BCUT2D eigenvalue weighted by Gasteiger charge is -2.30. The van der Waals surface area contributed by atoms with Gasteiger partial charge in [0, 0.05) is 5.92 Å². The number of amides is 1. The Hall–Kier alpha value is -2.69. The Kier molecular flexibility index (Phi) is 4.59. The molecule has 1 aliphatic heterocycles. The molecule has 146 valence electrons. The van der Waals surface area contributed by atoms with E-state index in [1.165, 1.54) is 17.6 Å². The number of hydrazine groups is 1. The minimum atomic E-state index is -0.153. The van der Waals surface area contributed by atoms with Crippen molar-refractivity contribution in [3.63, 3.8) is 0 Å². The van der Waals surface area contributed by atoms with Crippen molar-refractivity contribution < 1.29 is 13.6 Å². The lowest BCUT2D eigenvalue weighted by Crippen LogP contribution is -2.44. The number of allylic oxidation sites excluding steroid dienone is 1. The van der Waals surface area contributed by atoms with E-state index in [0.29, 0.717) is 0 Å². The van der Waals surface area contributed by atoms with Crippen molar-refractivity contribution in [1.82, 2.24) is 10.4 Å². The summed E-state index contributed by atoms with van der Waals surface area (Å²) in [6.45, 7) is 0. The molecule has 0 spiro atoms. The van der Waals surface area contributed by atoms with Crippen LogP contribution in [0.5, 0.6) is 0 Å². The normalized spacial score (nSPS) is 24.5. The van der Waals surface area contributed by atoms with Gasteiger partial charge in [0.1, 0.15) is 17.6 Å². The number of hydrogen-bond acceptors (Lipinski definition) is 4. The van der Waals surface area contributed by atoms with Crippen molar-refractivity contribution >= 4 is 12.0 Å². The molecule has 5 nitrogen and oxygen atoms in total. The van der Waals surface area contributed by atoms with Gasteiger partial charge in [0.05, 0.1) is 18.2 Å². The van der Waals surface area contributed by atoms with Gasteiger partial charge in [0.15, 0.2) is 0 Å². The summed E-state index contributed by atoms with van der Waals surface area (Å²) < 4.78 is 11.3. The molecular formula is C23H26N2O3. The molecule has 0 saturated heterocycles. The summed E-state index contributed by atoms with van der Waals surface area (Å²) in [6, 6.07) is 7.59. The Bertz CT molecular complexity index is 886. The Morgan fingerprint density at radius 3 is 2.61 bits per heavy atom. The Labute approximate surface area is 165 Å². The third-order valence-electron chi connectivity index (χ3n) is 6.22. The van der Waals surface area contributed by atoms with Crippen LogP contribution in [0.15, 0.2) is 62.5 Å². The second-order valence-electron chi connectivity index (χ2n) is 8.01. The molecule has 5 rings (SSSR count). The number of nitrogens with one attached hydrogen (secondary N) is 1. The maximum absolute atomic E-state index is 13.4. The quantitative estimate of drug-likeness (QED) is 0.781.